The number of aromatic nitrogens is 5. The van der Waals surface area contributed by atoms with Crippen LogP contribution in [0.15, 0.2) is 55.4 Å². The maximum absolute atomic E-state index is 13.1. The molecule has 1 aromatic carbocycles. The summed E-state index contributed by atoms with van der Waals surface area (Å²) >= 11 is 6.37. The molecule has 2 aliphatic rings. The van der Waals surface area contributed by atoms with Crippen LogP contribution in [0.25, 0.3) is 0 Å². The van der Waals surface area contributed by atoms with E-state index in [0.717, 1.165) is 41.0 Å². The number of carbonyl (C=O) groups is 2. The molecule has 0 aliphatic carbocycles. The van der Waals surface area contributed by atoms with Crippen LogP contribution in [-0.2, 0) is 24.7 Å². The molecule has 2 aliphatic heterocycles. The fourth-order valence-electron chi connectivity index (χ4n) is 5.13. The Morgan fingerprint density at radius 3 is 2.83 bits per heavy atom. The molecule has 0 unspecified atom stereocenters. The number of nitrogens with one attached hydrogen (secondary N) is 3. The second kappa shape index (κ2) is 10.9. The highest BCUT2D eigenvalue weighted by Crippen LogP contribution is 2.30. The van der Waals surface area contributed by atoms with Gasteiger partial charge < -0.3 is 25.4 Å². The summed E-state index contributed by atoms with van der Waals surface area (Å²) in [6, 6.07) is 7.79. The fraction of sp³-hybridized carbons (Fsp3) is 0.286. The predicted octanol–water partition coefficient (Wildman–Crippen LogP) is 4.34. The number of benzene rings is 1. The van der Waals surface area contributed by atoms with Gasteiger partial charge in [0.2, 0.25) is 11.9 Å². The van der Waals surface area contributed by atoms with Crippen LogP contribution in [0.3, 0.4) is 0 Å². The molecule has 0 radical (unpaired) electrons. The largest absolute Gasteiger partial charge is 0.339 e. The summed E-state index contributed by atoms with van der Waals surface area (Å²) in [5.41, 5.74) is 4.89. The van der Waals surface area contributed by atoms with Gasteiger partial charge in [0.25, 0.3) is 5.91 Å². The van der Waals surface area contributed by atoms with E-state index in [2.05, 4.69) is 35.9 Å². The number of aryl methyl sites for hydroxylation is 3. The van der Waals surface area contributed by atoms with E-state index < -0.39 is 0 Å². The monoisotopic (exact) mass is 557 g/mol. The average molecular weight is 558 g/mol. The number of likely N-dealkylation sites (tertiary alicyclic amines) is 1. The number of rotatable bonds is 4. The standard InChI is InChI=1S/C28H28ClN9O2/c1-37-16-31-14-24(37)27(40)38-7-6-18(15-38)9-25(39)35-23-5-4-20-10-19(23)3-2-17-8-21(12-30-11-17)34-28-32-13-22(29)26(33-20)36-28/h4-5,8,10-14,16,18H,2-3,6-7,9,15H2,1H3,(H,35,39)(H2,32,33,34,36)/t18-/m1/s1. The summed E-state index contributed by atoms with van der Waals surface area (Å²) < 4.78 is 1.72. The first kappa shape index (κ1) is 25.8. The number of nitrogens with zero attached hydrogens (tertiary/aromatic N) is 6. The molecule has 0 saturated carbocycles. The second-order valence-electron chi connectivity index (χ2n) is 10.1. The van der Waals surface area contributed by atoms with Crippen molar-refractivity contribution in [3.05, 3.63) is 77.2 Å². The SMILES string of the molecule is Cn1cncc1C(=O)N1CC[C@H](CC(=O)Nc2ccc3cc2CCc2cncc(c2)Nc2ncc(Cl)c(n2)N3)C1. The number of carbonyl (C=O) groups excluding carboxylic acids is 2. The predicted molar refractivity (Wildman–Crippen MR) is 152 cm³/mol. The number of imidazole rings is 1. The van der Waals surface area contributed by atoms with Crippen molar-refractivity contribution in [2.45, 2.75) is 25.7 Å². The van der Waals surface area contributed by atoms with Gasteiger partial charge in [-0.25, -0.2) is 9.97 Å². The number of anilines is 5. The molecular weight excluding hydrogens is 530 g/mol. The van der Waals surface area contributed by atoms with E-state index >= 15 is 0 Å². The number of hydrogen-bond donors (Lipinski definition) is 3. The highest BCUT2D eigenvalue weighted by molar-refractivity contribution is 6.32. The van der Waals surface area contributed by atoms with Crippen molar-refractivity contribution in [2.75, 3.05) is 29.0 Å². The Morgan fingerprint density at radius 2 is 1.98 bits per heavy atom. The van der Waals surface area contributed by atoms with Crippen molar-refractivity contribution in [2.24, 2.45) is 13.0 Å². The minimum absolute atomic E-state index is 0.0538. The molecule has 1 saturated heterocycles. The highest BCUT2D eigenvalue weighted by atomic mass is 35.5. The van der Waals surface area contributed by atoms with Crippen molar-refractivity contribution < 1.29 is 9.59 Å². The molecule has 40 heavy (non-hydrogen) atoms. The first-order valence-corrected chi connectivity index (χ1v) is 13.5. The van der Waals surface area contributed by atoms with E-state index in [1.165, 1.54) is 0 Å². The van der Waals surface area contributed by atoms with Crippen molar-refractivity contribution in [3.63, 3.8) is 0 Å². The zero-order valence-corrected chi connectivity index (χ0v) is 22.6. The van der Waals surface area contributed by atoms with E-state index in [1.54, 1.807) is 41.4 Å². The lowest BCUT2D eigenvalue weighted by Gasteiger charge is -2.17. The van der Waals surface area contributed by atoms with Crippen LogP contribution in [0.2, 0.25) is 5.02 Å². The van der Waals surface area contributed by atoms with Gasteiger partial charge in [-0.05, 0) is 60.6 Å². The Bertz CT molecular complexity index is 1590. The van der Waals surface area contributed by atoms with Crippen LogP contribution in [0.5, 0.6) is 0 Å². The van der Waals surface area contributed by atoms with Gasteiger partial charge in [-0.1, -0.05) is 11.6 Å². The normalized spacial score (nSPS) is 16.1. The average Bonchev–Trinajstić information content (AvgIpc) is 3.59. The molecule has 6 bridgehead atoms. The van der Waals surface area contributed by atoms with Gasteiger partial charge in [0.1, 0.15) is 10.7 Å². The Labute approximate surface area is 236 Å². The minimum Gasteiger partial charge on any atom is -0.339 e. The third kappa shape index (κ3) is 5.59. The molecule has 11 nitrogen and oxygen atoms in total. The summed E-state index contributed by atoms with van der Waals surface area (Å²) in [5.74, 6) is 0.843. The van der Waals surface area contributed by atoms with Gasteiger partial charge >= 0.3 is 0 Å². The fourth-order valence-corrected chi connectivity index (χ4v) is 5.26. The lowest BCUT2D eigenvalue weighted by atomic mass is 10.0. The number of halogens is 1. The van der Waals surface area contributed by atoms with Crippen LogP contribution < -0.4 is 16.0 Å². The zero-order chi connectivity index (χ0) is 27.6. The van der Waals surface area contributed by atoms with Gasteiger partial charge in [0, 0.05) is 44.1 Å². The lowest BCUT2D eigenvalue weighted by Crippen LogP contribution is -2.30. The summed E-state index contributed by atoms with van der Waals surface area (Å²) in [6.45, 7) is 1.18. The molecule has 0 spiro atoms. The summed E-state index contributed by atoms with van der Waals surface area (Å²) in [7, 11) is 1.80. The minimum atomic E-state index is -0.0731. The quantitative estimate of drug-likeness (QED) is 0.338. The van der Waals surface area contributed by atoms with E-state index in [9.17, 15) is 9.59 Å². The van der Waals surface area contributed by atoms with Crippen LogP contribution >= 0.6 is 11.6 Å². The maximum Gasteiger partial charge on any atom is 0.272 e. The molecule has 1 atom stereocenters. The van der Waals surface area contributed by atoms with Gasteiger partial charge in [0.05, 0.1) is 30.6 Å². The summed E-state index contributed by atoms with van der Waals surface area (Å²) in [4.78, 5) is 44.9. The Balaban J connectivity index is 1.18. The number of amides is 2. The molecule has 2 amide bonds. The Morgan fingerprint density at radius 1 is 1.07 bits per heavy atom. The molecule has 1 fully saturated rings. The molecular formula is C28H28ClN9O2. The van der Waals surface area contributed by atoms with Gasteiger partial charge in [-0.2, -0.15) is 4.98 Å². The number of pyridine rings is 1. The van der Waals surface area contributed by atoms with Gasteiger partial charge in [-0.3, -0.25) is 14.6 Å². The van der Waals surface area contributed by atoms with Crippen LogP contribution in [0.1, 0.15) is 34.5 Å². The molecule has 5 heterocycles. The Kier molecular flexibility index (Phi) is 7.04. The molecule has 3 N–H and O–H groups in total. The van der Waals surface area contributed by atoms with Crippen LogP contribution in [-0.4, -0.2) is 54.3 Å². The molecule has 12 heteroatoms. The van der Waals surface area contributed by atoms with E-state index in [4.69, 9.17) is 11.6 Å². The first-order chi connectivity index (χ1) is 19.4. The maximum atomic E-state index is 13.1. The van der Waals surface area contributed by atoms with Gasteiger partial charge in [-0.15, -0.1) is 0 Å². The number of hydrogen-bond acceptors (Lipinski definition) is 8. The van der Waals surface area contributed by atoms with Crippen molar-refractivity contribution in [1.29, 1.82) is 0 Å². The zero-order valence-electron chi connectivity index (χ0n) is 21.9. The van der Waals surface area contributed by atoms with Crippen molar-refractivity contribution >= 4 is 52.2 Å². The lowest BCUT2D eigenvalue weighted by molar-refractivity contribution is -0.117. The summed E-state index contributed by atoms with van der Waals surface area (Å²) in [6.07, 6.45) is 10.8. The molecule has 4 aromatic rings. The topological polar surface area (TPSA) is 130 Å². The highest BCUT2D eigenvalue weighted by Gasteiger charge is 2.29. The molecule has 6 rings (SSSR count). The third-order valence-electron chi connectivity index (χ3n) is 7.20. The summed E-state index contributed by atoms with van der Waals surface area (Å²) in [5, 5.41) is 9.96. The van der Waals surface area contributed by atoms with E-state index in [1.807, 2.05) is 30.5 Å². The van der Waals surface area contributed by atoms with Crippen molar-refractivity contribution in [3.8, 4) is 0 Å². The third-order valence-corrected chi connectivity index (χ3v) is 7.48. The van der Waals surface area contributed by atoms with E-state index in [-0.39, 0.29) is 17.7 Å². The second-order valence-corrected chi connectivity index (χ2v) is 10.5. The number of fused-ring (bicyclic) bond motifs is 6. The molecule has 3 aromatic heterocycles. The smallest absolute Gasteiger partial charge is 0.272 e. The van der Waals surface area contributed by atoms with Crippen LogP contribution in [0.4, 0.5) is 28.8 Å². The van der Waals surface area contributed by atoms with Crippen molar-refractivity contribution in [1.82, 2.24) is 29.4 Å². The van der Waals surface area contributed by atoms with Gasteiger partial charge in [0.15, 0.2) is 5.82 Å². The first-order valence-electron chi connectivity index (χ1n) is 13.1. The van der Waals surface area contributed by atoms with E-state index in [0.29, 0.717) is 48.4 Å². The Hall–Kier alpha value is -4.51. The van der Waals surface area contributed by atoms with Crippen LogP contribution in [0, 0.1) is 5.92 Å². The molecule has 204 valence electrons.